The van der Waals surface area contributed by atoms with Crippen molar-refractivity contribution in [2.45, 2.75) is 19.6 Å². The maximum Gasteiger partial charge on any atom is 0.433 e. The number of guanidine groups is 1. The van der Waals surface area contributed by atoms with Crippen LogP contribution in [-0.2, 0) is 12.7 Å². The number of anilines is 1. The predicted molar refractivity (Wildman–Crippen MR) is 106 cm³/mol. The number of rotatable bonds is 8. The Kier molecular flexibility index (Phi) is 8.05. The first-order chi connectivity index (χ1) is 13.8. The average Bonchev–Trinajstić information content (AvgIpc) is 2.70. The van der Waals surface area contributed by atoms with E-state index < -0.39 is 11.9 Å². The van der Waals surface area contributed by atoms with Crippen LogP contribution in [0, 0.1) is 0 Å². The number of halogens is 3. The normalized spacial score (nSPS) is 11.9. The van der Waals surface area contributed by atoms with Gasteiger partial charge < -0.3 is 20.3 Å². The van der Waals surface area contributed by atoms with Crippen LogP contribution in [0.25, 0.3) is 0 Å². The maximum atomic E-state index is 12.7. The maximum absolute atomic E-state index is 12.7. The Hall–Kier alpha value is -3.04. The van der Waals surface area contributed by atoms with Crippen molar-refractivity contribution in [1.82, 2.24) is 20.2 Å². The Morgan fingerprint density at radius 3 is 2.69 bits per heavy atom. The third-order valence-electron chi connectivity index (χ3n) is 3.90. The van der Waals surface area contributed by atoms with Gasteiger partial charge in [-0.1, -0.05) is 18.2 Å². The Labute approximate surface area is 168 Å². The highest BCUT2D eigenvalue weighted by atomic mass is 19.4. The molecular formula is C19H25F3N6O. The van der Waals surface area contributed by atoms with Crippen molar-refractivity contribution in [3.63, 3.8) is 0 Å². The first kappa shape index (κ1) is 22.3. The van der Waals surface area contributed by atoms with Crippen molar-refractivity contribution >= 4 is 11.9 Å². The summed E-state index contributed by atoms with van der Waals surface area (Å²) in [5.74, 6) is 1.38. The van der Waals surface area contributed by atoms with Gasteiger partial charge in [-0.25, -0.2) is 9.97 Å². The van der Waals surface area contributed by atoms with Crippen molar-refractivity contribution in [1.29, 1.82) is 0 Å². The number of benzene rings is 1. The largest absolute Gasteiger partial charge is 0.496 e. The number of aliphatic imine (C=N–C) groups is 1. The second kappa shape index (κ2) is 10.5. The van der Waals surface area contributed by atoms with Crippen LogP contribution in [0.15, 0.2) is 41.5 Å². The van der Waals surface area contributed by atoms with Gasteiger partial charge in [0, 0.05) is 38.4 Å². The zero-order valence-corrected chi connectivity index (χ0v) is 16.6. The van der Waals surface area contributed by atoms with Crippen LogP contribution in [-0.4, -0.2) is 54.6 Å². The van der Waals surface area contributed by atoms with Crippen LogP contribution in [0.2, 0.25) is 0 Å². The second-order valence-electron chi connectivity index (χ2n) is 6.09. The molecule has 1 aromatic carbocycles. The molecular weight excluding hydrogens is 385 g/mol. The van der Waals surface area contributed by atoms with Gasteiger partial charge in [0.1, 0.15) is 11.4 Å². The van der Waals surface area contributed by atoms with E-state index in [0.717, 1.165) is 23.6 Å². The van der Waals surface area contributed by atoms with Crippen LogP contribution >= 0.6 is 0 Å². The fraction of sp³-hybridized carbons (Fsp3) is 0.421. The predicted octanol–water partition coefficient (Wildman–Crippen LogP) is 3.01. The monoisotopic (exact) mass is 410 g/mol. The number of aromatic nitrogens is 2. The summed E-state index contributed by atoms with van der Waals surface area (Å²) >= 11 is 0. The number of nitrogens with zero attached hydrogens (tertiary/aromatic N) is 4. The van der Waals surface area contributed by atoms with Crippen molar-refractivity contribution in [2.75, 3.05) is 39.1 Å². The number of methoxy groups -OCH3 is 1. The number of hydrogen-bond donors (Lipinski definition) is 2. The highest BCUT2D eigenvalue weighted by Crippen LogP contribution is 2.27. The summed E-state index contributed by atoms with van der Waals surface area (Å²) in [6.45, 7) is 3.84. The molecule has 0 spiro atoms. The lowest BCUT2D eigenvalue weighted by Gasteiger charge is -2.23. The molecule has 0 aliphatic heterocycles. The van der Waals surface area contributed by atoms with Crippen molar-refractivity contribution in [2.24, 2.45) is 4.99 Å². The smallest absolute Gasteiger partial charge is 0.433 e. The molecule has 1 heterocycles. The van der Waals surface area contributed by atoms with Gasteiger partial charge in [-0.05, 0) is 19.1 Å². The summed E-state index contributed by atoms with van der Waals surface area (Å²) in [7, 11) is 3.52. The quantitative estimate of drug-likeness (QED) is 0.396. The molecule has 0 aliphatic carbocycles. The molecule has 0 atom stereocenters. The molecule has 29 heavy (non-hydrogen) atoms. The molecule has 7 nitrogen and oxygen atoms in total. The molecule has 158 valence electrons. The topological polar surface area (TPSA) is 74.7 Å². The number of para-hydroxylation sites is 1. The highest BCUT2D eigenvalue weighted by Gasteiger charge is 2.32. The van der Waals surface area contributed by atoms with E-state index in [-0.39, 0.29) is 5.95 Å². The number of nitrogens with one attached hydrogen (secondary N) is 2. The van der Waals surface area contributed by atoms with Crippen LogP contribution < -0.4 is 15.4 Å². The first-order valence-electron chi connectivity index (χ1n) is 9.10. The molecule has 2 aromatic rings. The van der Waals surface area contributed by atoms with E-state index in [9.17, 15) is 13.2 Å². The molecule has 0 unspecified atom stereocenters. The number of hydrogen-bond acceptors (Lipinski definition) is 5. The van der Waals surface area contributed by atoms with E-state index in [0.29, 0.717) is 32.1 Å². The zero-order valence-electron chi connectivity index (χ0n) is 16.6. The minimum atomic E-state index is -4.50. The summed E-state index contributed by atoms with van der Waals surface area (Å²) in [5.41, 5.74) is 0.0296. The fourth-order valence-corrected chi connectivity index (χ4v) is 2.56. The Balaban J connectivity index is 1.96. The van der Waals surface area contributed by atoms with Crippen LogP contribution in [0.5, 0.6) is 5.75 Å². The number of alkyl halides is 3. The van der Waals surface area contributed by atoms with E-state index in [1.54, 1.807) is 7.11 Å². The minimum Gasteiger partial charge on any atom is -0.496 e. The molecule has 0 bridgehead atoms. The van der Waals surface area contributed by atoms with Crippen molar-refractivity contribution < 1.29 is 17.9 Å². The Morgan fingerprint density at radius 1 is 1.24 bits per heavy atom. The third-order valence-corrected chi connectivity index (χ3v) is 3.90. The molecule has 10 heteroatoms. The van der Waals surface area contributed by atoms with Gasteiger partial charge in [-0.3, -0.25) is 4.99 Å². The summed E-state index contributed by atoms with van der Waals surface area (Å²) < 4.78 is 43.5. The van der Waals surface area contributed by atoms with Crippen molar-refractivity contribution in [3.05, 3.63) is 47.8 Å². The van der Waals surface area contributed by atoms with Gasteiger partial charge in [0.15, 0.2) is 5.96 Å². The van der Waals surface area contributed by atoms with Crippen molar-refractivity contribution in [3.8, 4) is 5.75 Å². The van der Waals surface area contributed by atoms with Gasteiger partial charge in [0.25, 0.3) is 0 Å². The van der Waals surface area contributed by atoms with E-state index in [1.165, 1.54) is 0 Å². The second-order valence-corrected chi connectivity index (χ2v) is 6.09. The zero-order chi connectivity index (χ0) is 21.3. The molecule has 0 amide bonds. The van der Waals surface area contributed by atoms with E-state index >= 15 is 0 Å². The molecule has 0 saturated carbocycles. The minimum absolute atomic E-state index is 0.0811. The lowest BCUT2D eigenvalue weighted by atomic mass is 10.2. The molecule has 1 aromatic heterocycles. The lowest BCUT2D eigenvalue weighted by molar-refractivity contribution is -0.141. The standard InChI is InChI=1S/C19H25F3N6O/c1-4-23-18(28(2)13-14-7-5-6-8-15(14)29-3)26-12-11-25-17-24-10-9-16(27-17)19(20,21)22/h5-10H,4,11-13H2,1-3H3,(H,23,26)(H,24,25,27). The molecule has 0 aliphatic rings. The lowest BCUT2D eigenvalue weighted by Crippen LogP contribution is -2.38. The SMILES string of the molecule is CCNC(=NCCNc1nccc(C(F)(F)F)n1)N(C)Cc1ccccc1OC. The highest BCUT2D eigenvalue weighted by molar-refractivity contribution is 5.79. The molecule has 2 N–H and O–H groups in total. The van der Waals surface area contributed by atoms with E-state index in [1.807, 2.05) is 43.1 Å². The first-order valence-corrected chi connectivity index (χ1v) is 9.10. The molecule has 0 saturated heterocycles. The average molecular weight is 410 g/mol. The summed E-state index contributed by atoms with van der Waals surface area (Å²) in [5, 5.41) is 5.96. The van der Waals surface area contributed by atoms with Gasteiger partial charge in [-0.2, -0.15) is 13.2 Å². The van der Waals surface area contributed by atoms with E-state index in [4.69, 9.17) is 4.74 Å². The van der Waals surface area contributed by atoms with Gasteiger partial charge in [-0.15, -0.1) is 0 Å². The summed E-state index contributed by atoms with van der Waals surface area (Å²) in [6, 6.07) is 8.55. The van der Waals surface area contributed by atoms with Crippen LogP contribution in [0.4, 0.5) is 19.1 Å². The summed E-state index contributed by atoms with van der Waals surface area (Å²) in [4.78, 5) is 13.7. The van der Waals surface area contributed by atoms with Gasteiger partial charge >= 0.3 is 6.18 Å². The molecule has 0 fully saturated rings. The Bertz CT molecular complexity index is 813. The Morgan fingerprint density at radius 2 is 2.00 bits per heavy atom. The summed E-state index contributed by atoms with van der Waals surface area (Å²) in [6.07, 6.45) is -3.43. The third kappa shape index (κ3) is 6.81. The fourth-order valence-electron chi connectivity index (χ4n) is 2.56. The van der Waals surface area contributed by atoms with Crippen LogP contribution in [0.3, 0.4) is 0 Å². The van der Waals surface area contributed by atoms with E-state index in [2.05, 4.69) is 25.6 Å². The molecule has 0 radical (unpaired) electrons. The van der Waals surface area contributed by atoms with Crippen LogP contribution in [0.1, 0.15) is 18.2 Å². The van der Waals surface area contributed by atoms with Gasteiger partial charge in [0.05, 0.1) is 13.7 Å². The van der Waals surface area contributed by atoms with Gasteiger partial charge in [0.2, 0.25) is 5.95 Å². The molecule has 2 rings (SSSR count). The number of ether oxygens (including phenoxy) is 1.